The van der Waals surface area contributed by atoms with Crippen molar-refractivity contribution in [2.45, 2.75) is 26.6 Å². The molecule has 0 N–H and O–H groups in total. The maximum Gasteiger partial charge on any atom is 0.416 e. The molecule has 0 saturated carbocycles. The number of Topliss-reactive ketones (excluding diaryl/α,β-unsaturated/α-hetero) is 1. The van der Waals surface area contributed by atoms with Crippen LogP contribution in [0.25, 0.3) is 0 Å². The topological polar surface area (TPSA) is 26.3 Å². The lowest BCUT2D eigenvalue weighted by Crippen LogP contribution is -2.08. The van der Waals surface area contributed by atoms with Crippen LogP contribution in [0.15, 0.2) is 42.5 Å². The lowest BCUT2D eigenvalue weighted by molar-refractivity contribution is -0.137. The minimum Gasteiger partial charge on any atom is -0.486 e. The van der Waals surface area contributed by atoms with Gasteiger partial charge in [-0.1, -0.05) is 26.0 Å². The molecule has 0 aromatic heterocycles. The average molecular weight is 340 g/mol. The van der Waals surface area contributed by atoms with Crippen molar-refractivity contribution in [1.29, 1.82) is 0 Å². The molecule has 0 radical (unpaired) electrons. The van der Waals surface area contributed by atoms with E-state index in [1.54, 1.807) is 13.8 Å². The Kier molecular flexibility index (Phi) is 5.26. The van der Waals surface area contributed by atoms with Crippen molar-refractivity contribution >= 4 is 5.78 Å². The average Bonchev–Trinajstić information content (AvgIpc) is 2.52. The zero-order chi connectivity index (χ0) is 17.9. The van der Waals surface area contributed by atoms with Crippen molar-refractivity contribution in [2.24, 2.45) is 5.92 Å². The predicted molar refractivity (Wildman–Crippen MR) is 81.3 cm³/mol. The van der Waals surface area contributed by atoms with Gasteiger partial charge in [-0.25, -0.2) is 4.39 Å². The van der Waals surface area contributed by atoms with E-state index in [9.17, 15) is 22.4 Å². The first kappa shape index (κ1) is 18.0. The van der Waals surface area contributed by atoms with Gasteiger partial charge in [-0.3, -0.25) is 4.79 Å². The summed E-state index contributed by atoms with van der Waals surface area (Å²) in [5.41, 5.74) is -0.289. The highest BCUT2D eigenvalue weighted by Crippen LogP contribution is 2.30. The lowest BCUT2D eigenvalue weighted by atomic mass is 10.0. The Labute approximate surface area is 137 Å². The summed E-state index contributed by atoms with van der Waals surface area (Å²) in [6, 6.07) is 8.45. The first-order chi connectivity index (χ1) is 11.2. The van der Waals surface area contributed by atoms with Crippen molar-refractivity contribution in [2.75, 3.05) is 0 Å². The van der Waals surface area contributed by atoms with Gasteiger partial charge in [0.1, 0.15) is 6.61 Å². The van der Waals surface area contributed by atoms with Gasteiger partial charge in [0.25, 0.3) is 0 Å². The zero-order valence-electron chi connectivity index (χ0n) is 13.2. The summed E-state index contributed by atoms with van der Waals surface area (Å²) >= 11 is 0. The predicted octanol–water partition coefficient (Wildman–Crippen LogP) is 5.26. The van der Waals surface area contributed by atoms with E-state index < -0.39 is 17.6 Å². The van der Waals surface area contributed by atoms with Crippen LogP contribution < -0.4 is 4.74 Å². The van der Waals surface area contributed by atoms with E-state index in [4.69, 9.17) is 4.74 Å². The zero-order valence-corrected chi connectivity index (χ0v) is 13.2. The highest BCUT2D eigenvalue weighted by atomic mass is 19.4. The molecule has 2 aromatic rings. The number of alkyl halides is 3. The van der Waals surface area contributed by atoms with Crippen molar-refractivity contribution in [3.63, 3.8) is 0 Å². The van der Waals surface area contributed by atoms with E-state index in [1.165, 1.54) is 24.3 Å². The highest BCUT2D eigenvalue weighted by molar-refractivity contribution is 5.97. The molecule has 2 aromatic carbocycles. The fourth-order valence-electron chi connectivity index (χ4n) is 2.10. The Balaban J connectivity index is 2.11. The molecule has 0 saturated heterocycles. The Hall–Kier alpha value is -2.37. The Morgan fingerprint density at radius 2 is 1.83 bits per heavy atom. The van der Waals surface area contributed by atoms with Crippen molar-refractivity contribution in [3.8, 4) is 5.75 Å². The minimum atomic E-state index is -4.44. The number of hydrogen-bond donors (Lipinski definition) is 0. The Bertz CT molecular complexity index is 736. The van der Waals surface area contributed by atoms with Gasteiger partial charge in [0, 0.05) is 11.5 Å². The second-order valence-electron chi connectivity index (χ2n) is 5.65. The van der Waals surface area contributed by atoms with Gasteiger partial charge in [0.05, 0.1) is 5.56 Å². The third-order valence-electron chi connectivity index (χ3n) is 3.39. The quantitative estimate of drug-likeness (QED) is 0.548. The standard InChI is InChI=1S/C18H16F4O2/c1-11(2)17(23)13-6-7-16(15(19)9-13)24-10-12-4-3-5-14(8-12)18(20,21)22/h3-9,11H,10H2,1-2H3. The van der Waals surface area contributed by atoms with Crippen LogP contribution in [0.2, 0.25) is 0 Å². The molecule has 0 bridgehead atoms. The van der Waals surface area contributed by atoms with E-state index in [2.05, 4.69) is 0 Å². The second kappa shape index (κ2) is 7.03. The van der Waals surface area contributed by atoms with Gasteiger partial charge in [-0.15, -0.1) is 0 Å². The van der Waals surface area contributed by atoms with Crippen LogP contribution in [0.3, 0.4) is 0 Å². The maximum atomic E-state index is 14.0. The first-order valence-corrected chi connectivity index (χ1v) is 7.31. The molecule has 0 aliphatic heterocycles. The SMILES string of the molecule is CC(C)C(=O)c1ccc(OCc2cccc(C(F)(F)F)c2)c(F)c1. The van der Waals surface area contributed by atoms with Crippen LogP contribution in [0.4, 0.5) is 17.6 Å². The number of benzene rings is 2. The molecule has 2 rings (SSSR count). The number of ether oxygens (including phenoxy) is 1. The molecule has 6 heteroatoms. The molecule has 0 fully saturated rings. The number of carbonyl (C=O) groups excluding carboxylic acids is 1. The first-order valence-electron chi connectivity index (χ1n) is 7.31. The van der Waals surface area contributed by atoms with Crippen LogP contribution in [0, 0.1) is 11.7 Å². The molecule has 0 aliphatic carbocycles. The summed E-state index contributed by atoms with van der Waals surface area (Å²) < 4.78 is 57.2. The summed E-state index contributed by atoms with van der Waals surface area (Å²) in [5.74, 6) is -1.30. The van der Waals surface area contributed by atoms with E-state index in [0.29, 0.717) is 0 Å². The third-order valence-corrected chi connectivity index (χ3v) is 3.39. The summed E-state index contributed by atoms with van der Waals surface area (Å²) in [6.45, 7) is 3.20. The van der Waals surface area contributed by atoms with Crippen molar-refractivity contribution in [3.05, 3.63) is 65.0 Å². The fraction of sp³-hybridized carbons (Fsp3) is 0.278. The summed E-state index contributed by atoms with van der Waals surface area (Å²) in [6.07, 6.45) is -4.44. The molecule has 0 spiro atoms. The molecular formula is C18H16F4O2. The van der Waals surface area contributed by atoms with Crippen LogP contribution in [0.5, 0.6) is 5.75 Å². The normalized spacial score (nSPS) is 11.6. The fourth-order valence-corrected chi connectivity index (χ4v) is 2.10. The van der Waals surface area contributed by atoms with E-state index in [1.807, 2.05) is 0 Å². The van der Waals surface area contributed by atoms with Gasteiger partial charge < -0.3 is 4.74 Å². The number of halogens is 4. The van der Waals surface area contributed by atoms with Gasteiger partial charge in [0.15, 0.2) is 17.3 Å². The summed E-state index contributed by atoms with van der Waals surface area (Å²) in [7, 11) is 0. The largest absolute Gasteiger partial charge is 0.486 e. The number of carbonyl (C=O) groups is 1. The summed E-state index contributed by atoms with van der Waals surface area (Å²) in [4.78, 5) is 11.8. The molecule has 0 amide bonds. The van der Waals surface area contributed by atoms with Gasteiger partial charge >= 0.3 is 6.18 Å². The molecular weight excluding hydrogens is 324 g/mol. The highest BCUT2D eigenvalue weighted by Gasteiger charge is 2.30. The van der Waals surface area contributed by atoms with Crippen molar-refractivity contribution < 1.29 is 27.1 Å². The minimum absolute atomic E-state index is 0.118. The van der Waals surface area contributed by atoms with Crippen LogP contribution in [-0.2, 0) is 12.8 Å². The lowest BCUT2D eigenvalue weighted by Gasteiger charge is -2.11. The molecule has 128 valence electrons. The monoisotopic (exact) mass is 340 g/mol. The van der Waals surface area contributed by atoms with E-state index in [-0.39, 0.29) is 35.2 Å². The molecule has 0 atom stereocenters. The number of rotatable bonds is 5. The molecule has 0 heterocycles. The number of ketones is 1. The van der Waals surface area contributed by atoms with Gasteiger partial charge in [-0.2, -0.15) is 13.2 Å². The smallest absolute Gasteiger partial charge is 0.416 e. The van der Waals surface area contributed by atoms with E-state index in [0.717, 1.165) is 18.2 Å². The van der Waals surface area contributed by atoms with E-state index >= 15 is 0 Å². The van der Waals surface area contributed by atoms with Crippen molar-refractivity contribution in [1.82, 2.24) is 0 Å². The Morgan fingerprint density at radius 3 is 2.42 bits per heavy atom. The van der Waals surface area contributed by atoms with Gasteiger partial charge in [0.2, 0.25) is 0 Å². The second-order valence-corrected chi connectivity index (χ2v) is 5.65. The number of hydrogen-bond acceptors (Lipinski definition) is 2. The molecule has 0 aliphatic rings. The molecule has 2 nitrogen and oxygen atoms in total. The maximum absolute atomic E-state index is 14.0. The third kappa shape index (κ3) is 4.34. The van der Waals surface area contributed by atoms with Crippen LogP contribution >= 0.6 is 0 Å². The van der Waals surface area contributed by atoms with Gasteiger partial charge in [-0.05, 0) is 35.9 Å². The van der Waals surface area contributed by atoms with Crippen LogP contribution in [0.1, 0.15) is 35.3 Å². The molecule has 24 heavy (non-hydrogen) atoms. The Morgan fingerprint density at radius 1 is 1.12 bits per heavy atom. The molecule has 0 unspecified atom stereocenters. The summed E-state index contributed by atoms with van der Waals surface area (Å²) in [5, 5.41) is 0. The van der Waals surface area contributed by atoms with Crippen LogP contribution in [-0.4, -0.2) is 5.78 Å².